The van der Waals surface area contributed by atoms with Gasteiger partial charge in [0.15, 0.2) is 11.6 Å². The van der Waals surface area contributed by atoms with Gasteiger partial charge >= 0.3 is 0 Å². The van der Waals surface area contributed by atoms with Gasteiger partial charge in [-0.05, 0) is 29.8 Å². The number of ether oxygens (including phenoxy) is 1. The summed E-state index contributed by atoms with van der Waals surface area (Å²) in [5.41, 5.74) is 1.38. The van der Waals surface area contributed by atoms with Gasteiger partial charge in [-0.2, -0.15) is 0 Å². The Morgan fingerprint density at radius 2 is 1.95 bits per heavy atom. The second-order valence-electron chi connectivity index (χ2n) is 4.24. The van der Waals surface area contributed by atoms with Crippen LogP contribution in [-0.4, -0.2) is 13.0 Å². The van der Waals surface area contributed by atoms with E-state index < -0.39 is 5.82 Å². The fraction of sp³-hybridized carbons (Fsp3) is 0.133. The van der Waals surface area contributed by atoms with E-state index in [9.17, 15) is 9.18 Å². The van der Waals surface area contributed by atoms with Crippen molar-refractivity contribution in [3.05, 3.63) is 53.8 Å². The fourth-order valence-electron chi connectivity index (χ4n) is 1.74. The molecule has 0 heterocycles. The maximum absolute atomic E-state index is 13.2. The minimum Gasteiger partial charge on any atom is -0.494 e. The first-order valence-corrected chi connectivity index (χ1v) is 6.44. The Balaban J connectivity index is 2.02. The van der Waals surface area contributed by atoms with Gasteiger partial charge in [-0.25, -0.2) is 4.39 Å². The first kappa shape index (κ1) is 14.4. The summed E-state index contributed by atoms with van der Waals surface area (Å²) < 4.78 is 18.1. The lowest BCUT2D eigenvalue weighted by Crippen LogP contribution is -2.14. The lowest BCUT2D eigenvalue weighted by atomic mass is 10.1. The van der Waals surface area contributed by atoms with Crippen LogP contribution < -0.4 is 10.1 Å². The van der Waals surface area contributed by atoms with Gasteiger partial charge in [-0.3, -0.25) is 4.79 Å². The molecule has 0 fully saturated rings. The molecular weight excluding hydrogens is 277 g/mol. The molecule has 0 atom stereocenters. The summed E-state index contributed by atoms with van der Waals surface area (Å²) in [5.74, 6) is -0.539. The molecule has 2 rings (SSSR count). The summed E-state index contributed by atoms with van der Waals surface area (Å²) in [6.45, 7) is 0. The van der Waals surface area contributed by atoms with Gasteiger partial charge in [-0.1, -0.05) is 12.1 Å². The highest BCUT2D eigenvalue weighted by Crippen LogP contribution is 2.21. The van der Waals surface area contributed by atoms with Crippen LogP contribution in [0.2, 0.25) is 0 Å². The van der Waals surface area contributed by atoms with Crippen LogP contribution in [0.15, 0.2) is 47.4 Å². The van der Waals surface area contributed by atoms with Crippen LogP contribution in [0.5, 0.6) is 5.75 Å². The van der Waals surface area contributed by atoms with E-state index in [1.165, 1.54) is 25.3 Å². The number of hydrogen-bond donors (Lipinski definition) is 2. The molecule has 1 N–H and O–H groups in total. The zero-order valence-electron chi connectivity index (χ0n) is 10.9. The van der Waals surface area contributed by atoms with Crippen LogP contribution in [0, 0.1) is 5.82 Å². The molecule has 0 unspecified atom stereocenters. The maximum atomic E-state index is 13.2. The number of methoxy groups -OCH3 is 1. The van der Waals surface area contributed by atoms with Crippen molar-refractivity contribution in [3.63, 3.8) is 0 Å². The van der Waals surface area contributed by atoms with Crippen LogP contribution in [0.25, 0.3) is 0 Å². The third-order valence-corrected chi connectivity index (χ3v) is 3.03. The first-order chi connectivity index (χ1) is 9.58. The van der Waals surface area contributed by atoms with Crippen LogP contribution in [0.4, 0.5) is 10.1 Å². The second-order valence-corrected chi connectivity index (χ2v) is 4.76. The number of rotatable bonds is 4. The Kier molecular flexibility index (Phi) is 4.63. The van der Waals surface area contributed by atoms with E-state index >= 15 is 0 Å². The predicted molar refractivity (Wildman–Crippen MR) is 79.0 cm³/mol. The molecule has 1 amide bonds. The van der Waals surface area contributed by atoms with Gasteiger partial charge in [0.1, 0.15) is 0 Å². The maximum Gasteiger partial charge on any atom is 0.228 e. The fourth-order valence-corrected chi connectivity index (χ4v) is 1.89. The number of hydrogen-bond acceptors (Lipinski definition) is 3. The summed E-state index contributed by atoms with van der Waals surface area (Å²) >= 11 is 4.18. The number of halogens is 1. The molecule has 0 aliphatic rings. The first-order valence-electron chi connectivity index (χ1n) is 6.00. The van der Waals surface area contributed by atoms with Crippen molar-refractivity contribution in [2.45, 2.75) is 11.3 Å². The molecule has 0 aliphatic heterocycles. The van der Waals surface area contributed by atoms with Crippen LogP contribution in [0.3, 0.4) is 0 Å². The van der Waals surface area contributed by atoms with Gasteiger partial charge in [0, 0.05) is 16.6 Å². The van der Waals surface area contributed by atoms with Gasteiger partial charge in [0.05, 0.1) is 13.5 Å². The molecule has 0 saturated carbocycles. The van der Waals surface area contributed by atoms with E-state index in [0.717, 1.165) is 10.5 Å². The molecule has 0 spiro atoms. The molecule has 0 radical (unpaired) electrons. The standard InChI is InChI=1S/C15H14FNO2S/c1-19-14-9-11(4-7-13(14)16)17-15(18)8-10-2-5-12(20)6-3-10/h2-7,9,20H,8H2,1H3,(H,17,18). The zero-order valence-corrected chi connectivity index (χ0v) is 11.8. The number of thiol groups is 1. The average molecular weight is 291 g/mol. The van der Waals surface area contributed by atoms with E-state index in [0.29, 0.717) is 5.69 Å². The monoisotopic (exact) mass is 291 g/mol. The Morgan fingerprint density at radius 1 is 1.25 bits per heavy atom. The summed E-state index contributed by atoms with van der Waals surface area (Å²) in [6.07, 6.45) is 0.244. The molecule has 0 saturated heterocycles. The largest absolute Gasteiger partial charge is 0.494 e. The molecule has 104 valence electrons. The van der Waals surface area contributed by atoms with Crippen molar-refractivity contribution in [1.82, 2.24) is 0 Å². The number of benzene rings is 2. The summed E-state index contributed by atoms with van der Waals surface area (Å²) in [7, 11) is 1.38. The molecule has 2 aromatic rings. The Hall–Kier alpha value is -2.01. The molecule has 5 heteroatoms. The van der Waals surface area contributed by atoms with E-state index in [4.69, 9.17) is 4.74 Å². The zero-order chi connectivity index (χ0) is 14.5. The van der Waals surface area contributed by atoms with Crippen molar-refractivity contribution in [1.29, 1.82) is 0 Å². The van der Waals surface area contributed by atoms with Crippen molar-refractivity contribution < 1.29 is 13.9 Å². The van der Waals surface area contributed by atoms with E-state index in [-0.39, 0.29) is 18.1 Å². The van der Waals surface area contributed by atoms with E-state index in [1.807, 2.05) is 24.3 Å². The summed E-state index contributed by atoms with van der Waals surface area (Å²) in [5, 5.41) is 2.70. The van der Waals surface area contributed by atoms with Crippen LogP contribution in [-0.2, 0) is 11.2 Å². The van der Waals surface area contributed by atoms with E-state index in [1.54, 1.807) is 0 Å². The molecule has 3 nitrogen and oxygen atoms in total. The Morgan fingerprint density at radius 3 is 2.60 bits per heavy atom. The normalized spacial score (nSPS) is 10.2. The number of nitrogens with one attached hydrogen (secondary N) is 1. The van der Waals surface area contributed by atoms with Crippen molar-refractivity contribution in [2.75, 3.05) is 12.4 Å². The van der Waals surface area contributed by atoms with Crippen LogP contribution in [0.1, 0.15) is 5.56 Å². The minimum atomic E-state index is -0.463. The van der Waals surface area contributed by atoms with Gasteiger partial charge < -0.3 is 10.1 Å². The van der Waals surface area contributed by atoms with Crippen LogP contribution >= 0.6 is 12.6 Å². The van der Waals surface area contributed by atoms with Gasteiger partial charge in [0.25, 0.3) is 0 Å². The molecule has 2 aromatic carbocycles. The highest BCUT2D eigenvalue weighted by molar-refractivity contribution is 7.80. The number of anilines is 1. The third-order valence-electron chi connectivity index (χ3n) is 2.74. The van der Waals surface area contributed by atoms with Gasteiger partial charge in [-0.15, -0.1) is 12.6 Å². The smallest absolute Gasteiger partial charge is 0.228 e. The Bertz CT molecular complexity index is 614. The third kappa shape index (κ3) is 3.74. The van der Waals surface area contributed by atoms with Crippen molar-refractivity contribution >= 4 is 24.2 Å². The van der Waals surface area contributed by atoms with Crippen molar-refractivity contribution in [3.8, 4) is 5.75 Å². The SMILES string of the molecule is COc1cc(NC(=O)Cc2ccc(S)cc2)ccc1F. The predicted octanol–water partition coefficient (Wildman–Crippen LogP) is 3.30. The highest BCUT2D eigenvalue weighted by Gasteiger charge is 2.07. The van der Waals surface area contributed by atoms with Crippen molar-refractivity contribution in [2.24, 2.45) is 0 Å². The Labute approximate surface area is 122 Å². The van der Waals surface area contributed by atoms with E-state index in [2.05, 4.69) is 17.9 Å². The molecule has 0 bridgehead atoms. The number of amides is 1. The average Bonchev–Trinajstić information content (AvgIpc) is 2.43. The summed E-state index contributed by atoms with van der Waals surface area (Å²) in [6, 6.07) is 11.5. The molecule has 20 heavy (non-hydrogen) atoms. The molecular formula is C15H14FNO2S. The summed E-state index contributed by atoms with van der Waals surface area (Å²) in [4.78, 5) is 12.7. The second kappa shape index (κ2) is 6.43. The lowest BCUT2D eigenvalue weighted by Gasteiger charge is -2.08. The minimum absolute atomic E-state index is 0.0993. The highest BCUT2D eigenvalue weighted by atomic mass is 32.1. The lowest BCUT2D eigenvalue weighted by molar-refractivity contribution is -0.115. The topological polar surface area (TPSA) is 38.3 Å². The number of carbonyl (C=O) groups excluding carboxylic acids is 1. The van der Waals surface area contributed by atoms with Gasteiger partial charge in [0.2, 0.25) is 5.91 Å². The quantitative estimate of drug-likeness (QED) is 0.848. The molecule has 0 aliphatic carbocycles. The molecule has 0 aromatic heterocycles. The number of carbonyl (C=O) groups is 1.